The van der Waals surface area contributed by atoms with Gasteiger partial charge in [0.25, 0.3) is 0 Å². The third kappa shape index (κ3) is 8.43. The highest BCUT2D eigenvalue weighted by atomic mass is 127. The van der Waals surface area contributed by atoms with Crippen molar-refractivity contribution in [1.29, 1.82) is 0 Å². The second kappa shape index (κ2) is 13.3. The highest BCUT2D eigenvalue weighted by Gasteiger charge is 2.05. The molecule has 1 aromatic heterocycles. The van der Waals surface area contributed by atoms with Crippen molar-refractivity contribution in [2.24, 2.45) is 4.99 Å². The number of pyridine rings is 1. The quantitative estimate of drug-likeness (QED) is 0.240. The van der Waals surface area contributed by atoms with Crippen LogP contribution in [0.4, 0.5) is 5.82 Å². The lowest BCUT2D eigenvalue weighted by molar-refractivity contribution is 0.0646. The highest BCUT2D eigenvalue weighted by molar-refractivity contribution is 14.0. The van der Waals surface area contributed by atoms with E-state index >= 15 is 0 Å². The zero-order valence-corrected chi connectivity index (χ0v) is 19.5. The third-order valence-corrected chi connectivity index (χ3v) is 4.20. The average Bonchev–Trinajstić information content (AvgIpc) is 2.70. The molecule has 0 aliphatic carbocycles. The second-order valence-electron chi connectivity index (χ2n) is 6.55. The molecule has 0 bridgehead atoms. The molecule has 0 saturated heterocycles. The van der Waals surface area contributed by atoms with E-state index in [9.17, 15) is 0 Å². The van der Waals surface area contributed by atoms with E-state index in [1.807, 2.05) is 49.5 Å². The summed E-state index contributed by atoms with van der Waals surface area (Å²) in [4.78, 5) is 10.6. The van der Waals surface area contributed by atoms with Gasteiger partial charge in [0.2, 0.25) is 0 Å². The maximum absolute atomic E-state index is 5.90. The lowest BCUT2D eigenvalue weighted by atomic mass is 10.1. The number of aromatic nitrogens is 1. The van der Waals surface area contributed by atoms with Gasteiger partial charge in [-0.1, -0.05) is 30.3 Å². The molecule has 0 amide bonds. The van der Waals surface area contributed by atoms with Gasteiger partial charge in [-0.2, -0.15) is 0 Å². The highest BCUT2D eigenvalue weighted by Crippen LogP contribution is 2.15. The Morgan fingerprint density at radius 1 is 1.18 bits per heavy atom. The van der Waals surface area contributed by atoms with Crippen LogP contribution in [0, 0.1) is 0 Å². The van der Waals surface area contributed by atoms with Crippen LogP contribution in [-0.2, 0) is 11.3 Å². The number of guanidine groups is 1. The molecule has 0 aliphatic rings. The van der Waals surface area contributed by atoms with Crippen molar-refractivity contribution in [2.45, 2.75) is 26.0 Å². The number of rotatable bonds is 9. The molecule has 6 nitrogen and oxygen atoms in total. The summed E-state index contributed by atoms with van der Waals surface area (Å²) < 4.78 is 5.90. The average molecular weight is 497 g/mol. The number of hydrogen-bond donors (Lipinski definition) is 2. The molecule has 2 aromatic rings. The molecule has 1 atom stereocenters. The fourth-order valence-corrected chi connectivity index (χ4v) is 2.58. The van der Waals surface area contributed by atoms with Gasteiger partial charge in [-0.25, -0.2) is 4.98 Å². The predicted octanol–water partition coefficient (Wildman–Crippen LogP) is 3.60. The molecule has 0 fully saturated rings. The zero-order chi connectivity index (χ0) is 19.5. The Labute approximate surface area is 185 Å². The molecule has 28 heavy (non-hydrogen) atoms. The van der Waals surface area contributed by atoms with Gasteiger partial charge < -0.3 is 20.3 Å². The number of benzene rings is 1. The van der Waals surface area contributed by atoms with Crippen molar-refractivity contribution in [3.63, 3.8) is 0 Å². The van der Waals surface area contributed by atoms with E-state index in [4.69, 9.17) is 4.74 Å². The molecule has 1 aromatic carbocycles. The normalized spacial score (nSPS) is 12.1. The summed E-state index contributed by atoms with van der Waals surface area (Å²) in [6.07, 6.45) is 2.85. The van der Waals surface area contributed by atoms with Crippen molar-refractivity contribution in [1.82, 2.24) is 15.6 Å². The number of hydrogen-bond acceptors (Lipinski definition) is 4. The first-order valence-electron chi connectivity index (χ1n) is 9.33. The molecule has 2 rings (SSSR count). The Morgan fingerprint density at radius 2 is 1.93 bits per heavy atom. The Hall–Kier alpha value is -1.87. The maximum atomic E-state index is 5.90. The standard InChI is InChI=1S/C21H31N5O.HI/c1-17(19-9-6-5-7-10-19)27-14-8-12-24-21(22-2)25-16-18-11-13-23-20(15-18)26(3)4;/h5-7,9-11,13,15,17H,8,12,14,16H2,1-4H3,(H2,22,24,25);1H. The first-order valence-corrected chi connectivity index (χ1v) is 9.33. The summed E-state index contributed by atoms with van der Waals surface area (Å²) in [6.45, 7) is 4.29. The van der Waals surface area contributed by atoms with Gasteiger partial charge in [-0.15, -0.1) is 24.0 Å². The lowest BCUT2D eigenvalue weighted by Gasteiger charge is -2.15. The van der Waals surface area contributed by atoms with Crippen LogP contribution in [0.3, 0.4) is 0 Å². The van der Waals surface area contributed by atoms with E-state index in [0.29, 0.717) is 13.2 Å². The van der Waals surface area contributed by atoms with Crippen LogP contribution in [0.2, 0.25) is 0 Å². The first-order chi connectivity index (χ1) is 13.1. The monoisotopic (exact) mass is 497 g/mol. The first kappa shape index (κ1) is 24.2. The van der Waals surface area contributed by atoms with Crippen LogP contribution in [0.1, 0.15) is 30.6 Å². The second-order valence-corrected chi connectivity index (χ2v) is 6.55. The Balaban J connectivity index is 0.00000392. The molecule has 7 heteroatoms. The van der Waals surface area contributed by atoms with E-state index in [1.165, 1.54) is 5.56 Å². The number of aliphatic imine (C=N–C) groups is 1. The van der Waals surface area contributed by atoms with E-state index in [2.05, 4.69) is 45.7 Å². The van der Waals surface area contributed by atoms with E-state index in [1.54, 1.807) is 7.05 Å². The summed E-state index contributed by atoms with van der Waals surface area (Å²) in [5, 5.41) is 6.65. The Morgan fingerprint density at radius 3 is 2.61 bits per heavy atom. The van der Waals surface area contributed by atoms with Crippen LogP contribution < -0.4 is 15.5 Å². The summed E-state index contributed by atoms with van der Waals surface area (Å²) in [6, 6.07) is 14.4. The van der Waals surface area contributed by atoms with Gasteiger partial charge in [-0.3, -0.25) is 4.99 Å². The van der Waals surface area contributed by atoms with E-state index in [0.717, 1.165) is 30.3 Å². The minimum absolute atomic E-state index is 0. The molecule has 0 saturated carbocycles. The van der Waals surface area contributed by atoms with Crippen LogP contribution in [-0.4, -0.2) is 45.2 Å². The summed E-state index contributed by atoms with van der Waals surface area (Å²) in [5.41, 5.74) is 2.37. The summed E-state index contributed by atoms with van der Waals surface area (Å²) >= 11 is 0. The minimum atomic E-state index is 0. The summed E-state index contributed by atoms with van der Waals surface area (Å²) in [5.74, 6) is 1.73. The Bertz CT molecular complexity index is 709. The molecular formula is C21H32IN5O. The van der Waals surface area contributed by atoms with Crippen molar-refractivity contribution in [2.75, 3.05) is 39.2 Å². The summed E-state index contributed by atoms with van der Waals surface area (Å²) in [7, 11) is 5.75. The third-order valence-electron chi connectivity index (χ3n) is 4.20. The molecule has 1 heterocycles. The number of nitrogens with zero attached hydrogens (tertiary/aromatic N) is 3. The number of nitrogens with one attached hydrogen (secondary N) is 2. The molecule has 0 spiro atoms. The molecular weight excluding hydrogens is 465 g/mol. The van der Waals surface area contributed by atoms with Crippen molar-refractivity contribution in [3.05, 3.63) is 59.8 Å². The van der Waals surface area contributed by atoms with E-state index in [-0.39, 0.29) is 30.1 Å². The van der Waals surface area contributed by atoms with Crippen molar-refractivity contribution >= 4 is 35.8 Å². The lowest BCUT2D eigenvalue weighted by Crippen LogP contribution is -2.37. The van der Waals surface area contributed by atoms with Gasteiger partial charge in [0, 0.05) is 47.0 Å². The van der Waals surface area contributed by atoms with Gasteiger partial charge in [0.15, 0.2) is 5.96 Å². The smallest absolute Gasteiger partial charge is 0.191 e. The largest absolute Gasteiger partial charge is 0.374 e. The van der Waals surface area contributed by atoms with Crippen LogP contribution in [0.5, 0.6) is 0 Å². The zero-order valence-electron chi connectivity index (χ0n) is 17.2. The van der Waals surface area contributed by atoms with Gasteiger partial charge in [0.05, 0.1) is 6.10 Å². The van der Waals surface area contributed by atoms with Crippen LogP contribution in [0.15, 0.2) is 53.7 Å². The molecule has 1 unspecified atom stereocenters. The number of halogens is 1. The van der Waals surface area contributed by atoms with Crippen LogP contribution >= 0.6 is 24.0 Å². The number of ether oxygens (including phenoxy) is 1. The molecule has 0 radical (unpaired) electrons. The topological polar surface area (TPSA) is 61.8 Å². The molecule has 0 aliphatic heterocycles. The predicted molar refractivity (Wildman–Crippen MR) is 128 cm³/mol. The fraction of sp³-hybridized carbons (Fsp3) is 0.429. The van der Waals surface area contributed by atoms with Gasteiger partial charge in [0.1, 0.15) is 5.82 Å². The minimum Gasteiger partial charge on any atom is -0.374 e. The maximum Gasteiger partial charge on any atom is 0.191 e. The SMILES string of the molecule is CN=C(NCCCOC(C)c1ccccc1)NCc1ccnc(N(C)C)c1.I. The molecule has 154 valence electrons. The van der Waals surface area contributed by atoms with E-state index < -0.39 is 0 Å². The number of anilines is 1. The Kier molecular flexibility index (Phi) is 11.5. The van der Waals surface area contributed by atoms with Crippen molar-refractivity contribution < 1.29 is 4.74 Å². The van der Waals surface area contributed by atoms with Gasteiger partial charge >= 0.3 is 0 Å². The fourth-order valence-electron chi connectivity index (χ4n) is 2.58. The van der Waals surface area contributed by atoms with Gasteiger partial charge in [-0.05, 0) is 36.6 Å². The van der Waals surface area contributed by atoms with Crippen LogP contribution in [0.25, 0.3) is 0 Å². The molecule has 2 N–H and O–H groups in total. The van der Waals surface area contributed by atoms with Crippen molar-refractivity contribution in [3.8, 4) is 0 Å².